The lowest BCUT2D eigenvalue weighted by Gasteiger charge is -2.20. The number of anilines is 1. The second-order valence-electron chi connectivity index (χ2n) is 6.56. The lowest BCUT2D eigenvalue weighted by molar-refractivity contribution is -0.140. The van der Waals surface area contributed by atoms with Crippen LogP contribution in [0.1, 0.15) is 24.5 Å². The molecule has 148 valence electrons. The molecule has 9 heteroatoms. The third-order valence-electron chi connectivity index (χ3n) is 4.51. The molecule has 2 unspecified atom stereocenters. The molecule has 2 atom stereocenters. The van der Waals surface area contributed by atoms with Crippen LogP contribution < -0.4 is 10.7 Å². The summed E-state index contributed by atoms with van der Waals surface area (Å²) in [5.74, 6) is -1.70. The highest BCUT2D eigenvalue weighted by atomic mass is 32.1. The fraction of sp³-hybridized carbons (Fsp3) is 0.200. The standard InChI is InChI=1S/C20H17FN4O3S/c1-11(19-23-14-4-2-3-5-17(14)29-19)28-20(27)15-10-16(18(22)26)25(24-15)13-8-6-12(21)7-9-13/h2-9,11,16H,10H2,1H3,(H2,22,26). The summed E-state index contributed by atoms with van der Waals surface area (Å²) in [6, 6.07) is 12.2. The van der Waals surface area contributed by atoms with Gasteiger partial charge in [-0.15, -0.1) is 11.3 Å². The first-order valence-corrected chi connectivity index (χ1v) is 9.72. The van der Waals surface area contributed by atoms with Gasteiger partial charge in [0, 0.05) is 6.42 Å². The Morgan fingerprint density at radius 2 is 1.97 bits per heavy atom. The van der Waals surface area contributed by atoms with Crippen molar-refractivity contribution in [1.82, 2.24) is 4.98 Å². The molecule has 4 rings (SSSR count). The van der Waals surface area contributed by atoms with E-state index >= 15 is 0 Å². The number of para-hydroxylation sites is 1. The summed E-state index contributed by atoms with van der Waals surface area (Å²) in [7, 11) is 0. The number of nitrogens with two attached hydrogens (primary N) is 1. The summed E-state index contributed by atoms with van der Waals surface area (Å²) in [6.07, 6.45) is -0.563. The van der Waals surface area contributed by atoms with E-state index < -0.39 is 29.8 Å². The molecule has 2 heterocycles. The van der Waals surface area contributed by atoms with Crippen molar-refractivity contribution in [2.45, 2.75) is 25.5 Å². The zero-order valence-electron chi connectivity index (χ0n) is 15.4. The highest BCUT2D eigenvalue weighted by Crippen LogP contribution is 2.29. The Labute approximate surface area is 169 Å². The van der Waals surface area contributed by atoms with Gasteiger partial charge in [0.2, 0.25) is 5.91 Å². The van der Waals surface area contributed by atoms with Crippen molar-refractivity contribution in [3.63, 3.8) is 0 Å². The van der Waals surface area contributed by atoms with Crippen LogP contribution in [0.25, 0.3) is 10.2 Å². The van der Waals surface area contributed by atoms with Crippen molar-refractivity contribution in [1.29, 1.82) is 0 Å². The number of thiazole rings is 1. The molecule has 2 aromatic carbocycles. The van der Waals surface area contributed by atoms with Crippen LogP contribution >= 0.6 is 11.3 Å². The van der Waals surface area contributed by atoms with Gasteiger partial charge < -0.3 is 10.5 Å². The van der Waals surface area contributed by atoms with E-state index in [1.165, 1.54) is 40.6 Å². The minimum Gasteiger partial charge on any atom is -0.451 e. The topological polar surface area (TPSA) is 97.9 Å². The zero-order chi connectivity index (χ0) is 20.5. The summed E-state index contributed by atoms with van der Waals surface area (Å²) < 4.78 is 19.7. The van der Waals surface area contributed by atoms with E-state index in [0.717, 1.165) is 10.2 Å². The van der Waals surface area contributed by atoms with Crippen LogP contribution in [0, 0.1) is 5.82 Å². The highest BCUT2D eigenvalue weighted by Gasteiger charge is 2.36. The summed E-state index contributed by atoms with van der Waals surface area (Å²) in [6.45, 7) is 1.73. The molecule has 0 saturated heterocycles. The minimum absolute atomic E-state index is 0.0120. The molecule has 0 saturated carbocycles. The smallest absolute Gasteiger partial charge is 0.355 e. The zero-order valence-corrected chi connectivity index (χ0v) is 16.2. The maximum atomic E-state index is 13.2. The van der Waals surface area contributed by atoms with E-state index in [0.29, 0.717) is 10.7 Å². The predicted molar refractivity (Wildman–Crippen MR) is 108 cm³/mol. The van der Waals surface area contributed by atoms with Crippen molar-refractivity contribution < 1.29 is 18.7 Å². The number of esters is 1. The lowest BCUT2D eigenvalue weighted by Crippen LogP contribution is -2.39. The Kier molecular flexibility index (Phi) is 4.98. The van der Waals surface area contributed by atoms with Gasteiger partial charge in [-0.25, -0.2) is 14.2 Å². The van der Waals surface area contributed by atoms with E-state index in [9.17, 15) is 14.0 Å². The van der Waals surface area contributed by atoms with Gasteiger partial charge in [0.1, 0.15) is 22.6 Å². The number of amides is 1. The normalized spacial score (nSPS) is 17.2. The van der Waals surface area contributed by atoms with E-state index in [-0.39, 0.29) is 12.1 Å². The van der Waals surface area contributed by atoms with Crippen molar-refractivity contribution in [3.8, 4) is 0 Å². The maximum Gasteiger partial charge on any atom is 0.355 e. The number of hydrogen-bond acceptors (Lipinski definition) is 7. The maximum absolute atomic E-state index is 13.2. The highest BCUT2D eigenvalue weighted by molar-refractivity contribution is 7.18. The second-order valence-corrected chi connectivity index (χ2v) is 7.62. The first-order valence-electron chi connectivity index (χ1n) is 8.90. The van der Waals surface area contributed by atoms with E-state index in [1.54, 1.807) is 6.92 Å². The van der Waals surface area contributed by atoms with Crippen LogP contribution in [0.3, 0.4) is 0 Å². The Bertz CT molecular complexity index is 1080. The number of rotatable bonds is 5. The number of nitrogens with zero attached hydrogens (tertiary/aromatic N) is 3. The first-order chi connectivity index (χ1) is 13.9. The van der Waals surface area contributed by atoms with Crippen LogP contribution in [-0.2, 0) is 14.3 Å². The Balaban J connectivity index is 1.53. The van der Waals surface area contributed by atoms with Gasteiger partial charge in [-0.05, 0) is 43.3 Å². The van der Waals surface area contributed by atoms with Crippen molar-refractivity contribution in [2.75, 3.05) is 5.01 Å². The Hall–Kier alpha value is -3.33. The van der Waals surface area contributed by atoms with Gasteiger partial charge >= 0.3 is 5.97 Å². The average Bonchev–Trinajstić information content (AvgIpc) is 3.33. The summed E-state index contributed by atoms with van der Waals surface area (Å²) in [5, 5.41) is 6.20. The Morgan fingerprint density at radius 3 is 2.66 bits per heavy atom. The van der Waals surface area contributed by atoms with E-state index in [2.05, 4.69) is 10.1 Å². The van der Waals surface area contributed by atoms with Crippen molar-refractivity contribution in [3.05, 3.63) is 59.4 Å². The predicted octanol–water partition coefficient (Wildman–Crippen LogP) is 3.16. The third kappa shape index (κ3) is 3.81. The van der Waals surface area contributed by atoms with Crippen LogP contribution in [0.2, 0.25) is 0 Å². The molecule has 0 aliphatic carbocycles. The summed E-state index contributed by atoms with van der Waals surface area (Å²) >= 11 is 1.45. The molecule has 1 aliphatic heterocycles. The van der Waals surface area contributed by atoms with Crippen LogP contribution in [-0.4, -0.2) is 28.6 Å². The third-order valence-corrected chi connectivity index (χ3v) is 5.71. The minimum atomic E-state index is -0.847. The second kappa shape index (κ2) is 7.59. The number of carbonyl (C=O) groups is 2. The van der Waals surface area contributed by atoms with E-state index in [1.807, 2.05) is 24.3 Å². The number of aromatic nitrogens is 1. The molecule has 2 N–H and O–H groups in total. The number of primary amides is 1. The van der Waals surface area contributed by atoms with Gasteiger partial charge in [-0.3, -0.25) is 9.80 Å². The van der Waals surface area contributed by atoms with Crippen LogP contribution in [0.4, 0.5) is 10.1 Å². The molecule has 0 radical (unpaired) electrons. The molecule has 1 aliphatic rings. The number of halogens is 1. The average molecular weight is 412 g/mol. The van der Waals surface area contributed by atoms with Gasteiger partial charge in [-0.1, -0.05) is 12.1 Å². The number of hydrogen-bond donors (Lipinski definition) is 1. The molecule has 1 amide bonds. The molecule has 7 nitrogen and oxygen atoms in total. The van der Waals surface area contributed by atoms with Crippen LogP contribution in [0.5, 0.6) is 0 Å². The van der Waals surface area contributed by atoms with Crippen molar-refractivity contribution >= 4 is 44.8 Å². The Morgan fingerprint density at radius 1 is 1.24 bits per heavy atom. The largest absolute Gasteiger partial charge is 0.451 e. The van der Waals surface area contributed by atoms with Gasteiger partial charge in [0.05, 0.1) is 15.9 Å². The number of hydrazone groups is 1. The number of fused-ring (bicyclic) bond motifs is 1. The molecule has 0 fully saturated rings. The van der Waals surface area contributed by atoms with Crippen LogP contribution in [0.15, 0.2) is 53.6 Å². The molecule has 0 spiro atoms. The molecular formula is C20H17FN4O3S. The quantitative estimate of drug-likeness (QED) is 0.649. The first kappa shape index (κ1) is 19.0. The fourth-order valence-corrected chi connectivity index (χ4v) is 3.98. The fourth-order valence-electron chi connectivity index (χ4n) is 3.03. The van der Waals surface area contributed by atoms with Gasteiger partial charge in [-0.2, -0.15) is 5.10 Å². The summed E-state index contributed by atoms with van der Waals surface area (Å²) in [5.41, 5.74) is 6.83. The number of carbonyl (C=O) groups excluding carboxylic acids is 2. The number of benzene rings is 2. The van der Waals surface area contributed by atoms with Crippen molar-refractivity contribution in [2.24, 2.45) is 10.8 Å². The van der Waals surface area contributed by atoms with Gasteiger partial charge in [0.15, 0.2) is 6.10 Å². The summed E-state index contributed by atoms with van der Waals surface area (Å²) in [4.78, 5) is 29.0. The van der Waals surface area contributed by atoms with Gasteiger partial charge in [0.25, 0.3) is 0 Å². The molecule has 1 aromatic heterocycles. The molecule has 29 heavy (non-hydrogen) atoms. The molecule has 3 aromatic rings. The molecular weight excluding hydrogens is 395 g/mol. The monoisotopic (exact) mass is 412 g/mol. The van der Waals surface area contributed by atoms with E-state index in [4.69, 9.17) is 10.5 Å². The number of ether oxygens (including phenoxy) is 1. The molecule has 0 bridgehead atoms. The SMILES string of the molecule is CC(OC(=O)C1=NN(c2ccc(F)cc2)C(C(N)=O)C1)c1nc2ccccc2s1. The lowest BCUT2D eigenvalue weighted by atomic mass is 10.1.